The van der Waals surface area contributed by atoms with Gasteiger partial charge >= 0.3 is 33.4 Å². The van der Waals surface area contributed by atoms with E-state index >= 15 is 0 Å². The zero-order chi connectivity index (χ0) is 22.7. The molecule has 0 fully saturated rings. The van der Waals surface area contributed by atoms with E-state index < -0.39 is 43.7 Å². The quantitative estimate of drug-likeness (QED) is 0.254. The second kappa shape index (κ2) is 9.19. The molecule has 0 N–H and O–H groups in total. The first kappa shape index (κ1) is 27.6. The summed E-state index contributed by atoms with van der Waals surface area (Å²) in [6.07, 6.45) is -2.76. The number of halogens is 9. The standard InChI is InChI=1S/C14H23F9O3S2/c1-4-6-7-8-9-10-27(3,5-2)26-28(24,25)14(22,23)12(17,18)11(15,16)13(19,20)21/h4-10H2,1-3H3. The highest BCUT2D eigenvalue weighted by atomic mass is 32.3. The minimum atomic E-state index is -7.29. The van der Waals surface area contributed by atoms with Gasteiger partial charge in [-0.3, -0.25) is 0 Å². The molecule has 28 heavy (non-hydrogen) atoms. The first-order chi connectivity index (χ1) is 12.3. The molecule has 0 saturated heterocycles. The van der Waals surface area contributed by atoms with Gasteiger partial charge in [0.1, 0.15) is 0 Å². The Balaban J connectivity index is 5.64. The lowest BCUT2D eigenvalue weighted by molar-refractivity contribution is -0.382. The molecular formula is C14H23F9O3S2. The van der Waals surface area contributed by atoms with Crippen LogP contribution in [-0.2, 0) is 13.7 Å². The number of hydrogen-bond acceptors (Lipinski definition) is 3. The summed E-state index contributed by atoms with van der Waals surface area (Å²) in [6, 6.07) is 0. The molecule has 1 unspecified atom stereocenters. The van der Waals surface area contributed by atoms with Crippen LogP contribution < -0.4 is 0 Å². The number of alkyl halides is 9. The molecular weight excluding hydrogens is 451 g/mol. The van der Waals surface area contributed by atoms with Crippen LogP contribution in [0.1, 0.15) is 46.0 Å². The van der Waals surface area contributed by atoms with Crippen molar-refractivity contribution in [3.8, 4) is 0 Å². The minimum Gasteiger partial charge on any atom is -0.215 e. The van der Waals surface area contributed by atoms with E-state index in [1.807, 2.05) is 6.92 Å². The SMILES string of the molecule is CCCCCCCS(C)(CC)OS(=O)(=O)C(F)(F)C(F)(F)C(F)(F)C(F)(F)F. The first-order valence-electron chi connectivity index (χ1n) is 8.22. The van der Waals surface area contributed by atoms with E-state index in [2.05, 4.69) is 3.63 Å². The summed E-state index contributed by atoms with van der Waals surface area (Å²) in [4.78, 5) is 0. The fourth-order valence-corrected chi connectivity index (χ4v) is 6.29. The summed E-state index contributed by atoms with van der Waals surface area (Å²) in [5.41, 5.74) is 0. The largest absolute Gasteiger partial charge is 0.460 e. The van der Waals surface area contributed by atoms with Crippen molar-refractivity contribution in [1.82, 2.24) is 0 Å². The van der Waals surface area contributed by atoms with Gasteiger partial charge in [-0.25, -0.2) is 3.63 Å². The molecule has 1 atom stereocenters. The maximum absolute atomic E-state index is 13.7. The summed E-state index contributed by atoms with van der Waals surface area (Å²) in [6.45, 7) is 3.22. The summed E-state index contributed by atoms with van der Waals surface area (Å²) in [5.74, 6) is -14.9. The minimum absolute atomic E-state index is 0.121. The summed E-state index contributed by atoms with van der Waals surface area (Å²) in [5, 5.41) is -6.80. The van der Waals surface area contributed by atoms with Gasteiger partial charge in [-0.15, -0.1) is 10.3 Å². The summed E-state index contributed by atoms with van der Waals surface area (Å²) >= 11 is 0. The molecule has 0 aromatic heterocycles. The molecule has 172 valence electrons. The van der Waals surface area contributed by atoms with Crippen molar-refractivity contribution in [2.24, 2.45) is 0 Å². The molecule has 0 aromatic carbocycles. The highest BCUT2D eigenvalue weighted by Gasteiger charge is 2.86. The van der Waals surface area contributed by atoms with Crippen molar-refractivity contribution >= 4 is 20.4 Å². The lowest BCUT2D eigenvalue weighted by Crippen LogP contribution is -2.63. The summed E-state index contributed by atoms with van der Waals surface area (Å²) in [7, 11) is -9.78. The van der Waals surface area contributed by atoms with Crippen LogP contribution in [0.4, 0.5) is 39.5 Å². The van der Waals surface area contributed by atoms with Crippen molar-refractivity contribution in [3.05, 3.63) is 0 Å². The summed E-state index contributed by atoms with van der Waals surface area (Å²) < 4.78 is 144. The molecule has 0 aliphatic rings. The number of rotatable bonds is 12. The fraction of sp³-hybridized carbons (Fsp3) is 1.00. The fourth-order valence-electron chi connectivity index (χ4n) is 2.01. The van der Waals surface area contributed by atoms with Gasteiger partial charge in [-0.1, -0.05) is 39.5 Å². The van der Waals surface area contributed by atoms with E-state index in [9.17, 15) is 47.9 Å². The van der Waals surface area contributed by atoms with E-state index in [1.165, 1.54) is 6.92 Å². The van der Waals surface area contributed by atoms with Crippen LogP contribution >= 0.6 is 10.3 Å². The molecule has 0 spiro atoms. The van der Waals surface area contributed by atoms with Crippen molar-refractivity contribution in [2.45, 2.75) is 69.2 Å². The third kappa shape index (κ3) is 5.61. The average Bonchev–Trinajstić information content (AvgIpc) is 2.52. The molecule has 14 heteroatoms. The Labute approximate surface area is 159 Å². The molecule has 0 radical (unpaired) electrons. The van der Waals surface area contributed by atoms with Crippen molar-refractivity contribution in [1.29, 1.82) is 0 Å². The van der Waals surface area contributed by atoms with Gasteiger partial charge in [0.2, 0.25) is 0 Å². The van der Waals surface area contributed by atoms with Gasteiger partial charge < -0.3 is 0 Å². The van der Waals surface area contributed by atoms with E-state index in [0.29, 0.717) is 6.42 Å². The molecule has 3 nitrogen and oxygen atoms in total. The zero-order valence-electron chi connectivity index (χ0n) is 15.4. The van der Waals surface area contributed by atoms with Gasteiger partial charge in [0.25, 0.3) is 0 Å². The monoisotopic (exact) mass is 474 g/mol. The molecule has 0 heterocycles. The van der Waals surface area contributed by atoms with Crippen LogP contribution in [0.2, 0.25) is 0 Å². The van der Waals surface area contributed by atoms with E-state index in [0.717, 1.165) is 25.5 Å². The lowest BCUT2D eigenvalue weighted by Gasteiger charge is -2.37. The average molecular weight is 474 g/mol. The molecule has 0 rings (SSSR count). The van der Waals surface area contributed by atoms with Crippen LogP contribution in [0.5, 0.6) is 0 Å². The van der Waals surface area contributed by atoms with E-state index in [1.54, 1.807) is 0 Å². The lowest BCUT2D eigenvalue weighted by atomic mass is 10.1. The van der Waals surface area contributed by atoms with Crippen LogP contribution in [0, 0.1) is 0 Å². The Kier molecular flexibility index (Phi) is 9.07. The van der Waals surface area contributed by atoms with Gasteiger partial charge in [0, 0.05) is 5.75 Å². The Morgan fingerprint density at radius 3 is 1.61 bits per heavy atom. The van der Waals surface area contributed by atoms with Crippen LogP contribution in [0.15, 0.2) is 0 Å². The Bertz CT molecular complexity index is 606. The highest BCUT2D eigenvalue weighted by Crippen LogP contribution is 2.58. The van der Waals surface area contributed by atoms with Gasteiger partial charge in [0.15, 0.2) is 0 Å². The van der Waals surface area contributed by atoms with Gasteiger partial charge in [-0.05, 0) is 18.4 Å². The normalized spacial score (nSPS) is 18.0. The Hall–Kier alpha value is -0.370. The number of unbranched alkanes of at least 4 members (excludes halogenated alkanes) is 4. The maximum atomic E-state index is 13.7. The second-order valence-corrected chi connectivity index (χ2v) is 11.6. The molecule has 0 bridgehead atoms. The van der Waals surface area contributed by atoms with Gasteiger partial charge in [-0.2, -0.15) is 47.9 Å². The Morgan fingerprint density at radius 1 is 0.750 bits per heavy atom. The predicted molar refractivity (Wildman–Crippen MR) is 88.6 cm³/mol. The first-order valence-corrected chi connectivity index (χ1v) is 11.9. The van der Waals surface area contributed by atoms with Crippen molar-refractivity contribution in [2.75, 3.05) is 17.8 Å². The molecule has 0 aromatic rings. The van der Waals surface area contributed by atoms with Crippen LogP contribution in [0.3, 0.4) is 0 Å². The third-order valence-electron chi connectivity index (χ3n) is 3.97. The molecule has 0 aliphatic carbocycles. The third-order valence-corrected chi connectivity index (χ3v) is 9.26. The zero-order valence-corrected chi connectivity index (χ0v) is 17.0. The smallest absolute Gasteiger partial charge is 0.215 e. The van der Waals surface area contributed by atoms with E-state index in [-0.39, 0.29) is 17.9 Å². The van der Waals surface area contributed by atoms with Gasteiger partial charge in [0.05, 0.1) is 0 Å². The topological polar surface area (TPSA) is 43.4 Å². The van der Waals surface area contributed by atoms with Crippen molar-refractivity contribution < 1.29 is 51.6 Å². The van der Waals surface area contributed by atoms with Crippen LogP contribution in [-0.4, -0.2) is 49.5 Å². The Morgan fingerprint density at radius 2 is 1.21 bits per heavy atom. The van der Waals surface area contributed by atoms with Crippen molar-refractivity contribution in [3.63, 3.8) is 0 Å². The number of hydrogen-bond donors (Lipinski definition) is 0. The molecule has 0 amide bonds. The molecule has 0 aliphatic heterocycles. The predicted octanol–water partition coefficient (Wildman–Crippen LogP) is 6.10. The van der Waals surface area contributed by atoms with E-state index in [4.69, 9.17) is 0 Å². The molecule has 0 saturated carbocycles. The highest BCUT2D eigenvalue weighted by molar-refractivity contribution is 8.32. The maximum Gasteiger partial charge on any atom is 0.460 e. The van der Waals surface area contributed by atoms with Crippen LogP contribution in [0.25, 0.3) is 0 Å². The second-order valence-electron chi connectivity index (χ2n) is 6.28.